The number of nitrogens with zero attached hydrogens (tertiary/aromatic N) is 2. The van der Waals surface area contributed by atoms with Gasteiger partial charge in [-0.15, -0.1) is 11.3 Å². The highest BCUT2D eigenvalue weighted by molar-refractivity contribution is 7.99. The molecule has 4 rings (SSSR count). The Morgan fingerprint density at radius 2 is 2.17 bits per heavy atom. The quantitative estimate of drug-likeness (QED) is 0.341. The van der Waals surface area contributed by atoms with Crippen molar-refractivity contribution < 1.29 is 9.21 Å². The molecule has 0 radical (unpaired) electrons. The molecular formula is C20H16ClN3O3S2. The number of anilines is 1. The summed E-state index contributed by atoms with van der Waals surface area (Å²) in [4.78, 5) is 31.7. The smallest absolute Gasteiger partial charge is 0.263 e. The van der Waals surface area contributed by atoms with Gasteiger partial charge in [0.25, 0.3) is 5.56 Å². The molecule has 0 aliphatic heterocycles. The number of fused-ring (bicyclic) bond motifs is 1. The van der Waals surface area contributed by atoms with Crippen molar-refractivity contribution in [2.24, 2.45) is 0 Å². The van der Waals surface area contributed by atoms with Crippen molar-refractivity contribution in [2.45, 2.75) is 18.6 Å². The van der Waals surface area contributed by atoms with Crippen LogP contribution < -0.4 is 10.9 Å². The summed E-state index contributed by atoms with van der Waals surface area (Å²) in [6, 6.07) is 12.4. The number of amides is 1. The minimum atomic E-state index is -0.210. The number of hydrogen-bond acceptors (Lipinski definition) is 6. The molecule has 148 valence electrons. The highest BCUT2D eigenvalue weighted by Gasteiger charge is 2.16. The molecule has 3 aromatic heterocycles. The Kier molecular flexibility index (Phi) is 5.75. The van der Waals surface area contributed by atoms with Gasteiger partial charge >= 0.3 is 0 Å². The minimum absolute atomic E-state index is 0.104. The molecule has 0 aliphatic rings. The third-order valence-corrected chi connectivity index (χ3v) is 6.23. The van der Waals surface area contributed by atoms with Gasteiger partial charge in [-0.05, 0) is 43.3 Å². The van der Waals surface area contributed by atoms with Gasteiger partial charge in [-0.2, -0.15) is 0 Å². The summed E-state index contributed by atoms with van der Waals surface area (Å²) in [6.07, 6.45) is 1.56. The Hall–Kier alpha value is -2.55. The zero-order valence-electron chi connectivity index (χ0n) is 15.3. The van der Waals surface area contributed by atoms with Gasteiger partial charge in [0.15, 0.2) is 5.16 Å². The number of carbonyl (C=O) groups is 1. The fourth-order valence-corrected chi connectivity index (χ4v) is 4.73. The zero-order valence-corrected chi connectivity index (χ0v) is 17.7. The van der Waals surface area contributed by atoms with Gasteiger partial charge < -0.3 is 9.73 Å². The van der Waals surface area contributed by atoms with E-state index >= 15 is 0 Å². The van der Waals surface area contributed by atoms with E-state index in [0.717, 1.165) is 4.88 Å². The average molecular weight is 446 g/mol. The molecule has 6 nitrogen and oxygen atoms in total. The second-order valence-corrected chi connectivity index (χ2v) is 8.90. The van der Waals surface area contributed by atoms with Crippen molar-refractivity contribution in [1.29, 1.82) is 0 Å². The molecule has 1 amide bonds. The summed E-state index contributed by atoms with van der Waals surface area (Å²) >= 11 is 8.62. The van der Waals surface area contributed by atoms with Crippen molar-refractivity contribution >= 4 is 56.5 Å². The fourth-order valence-electron chi connectivity index (χ4n) is 2.82. The van der Waals surface area contributed by atoms with Crippen LogP contribution in [0.15, 0.2) is 63.1 Å². The maximum Gasteiger partial charge on any atom is 0.263 e. The zero-order chi connectivity index (χ0) is 20.4. The van der Waals surface area contributed by atoms with Gasteiger partial charge in [0, 0.05) is 15.6 Å². The van der Waals surface area contributed by atoms with Crippen LogP contribution in [0.3, 0.4) is 0 Å². The Labute approximate surface area is 179 Å². The molecule has 0 saturated heterocycles. The number of thioether (sulfide) groups is 1. The van der Waals surface area contributed by atoms with E-state index in [1.54, 1.807) is 47.2 Å². The minimum Gasteiger partial charge on any atom is -0.467 e. The lowest BCUT2D eigenvalue weighted by molar-refractivity contribution is -0.113. The van der Waals surface area contributed by atoms with Gasteiger partial charge in [-0.25, -0.2) is 4.98 Å². The molecule has 0 fully saturated rings. The maximum atomic E-state index is 13.0. The van der Waals surface area contributed by atoms with Crippen LogP contribution in [0, 0.1) is 6.92 Å². The van der Waals surface area contributed by atoms with Crippen molar-refractivity contribution in [3.63, 3.8) is 0 Å². The third-order valence-electron chi connectivity index (χ3n) is 4.07. The molecular weight excluding hydrogens is 430 g/mol. The highest BCUT2D eigenvalue weighted by atomic mass is 35.5. The molecule has 0 aliphatic carbocycles. The number of nitrogens with one attached hydrogen (secondary N) is 1. The summed E-state index contributed by atoms with van der Waals surface area (Å²) in [6.45, 7) is 2.19. The lowest BCUT2D eigenvalue weighted by Crippen LogP contribution is -2.24. The van der Waals surface area contributed by atoms with Crippen LogP contribution in [-0.2, 0) is 11.3 Å². The molecule has 0 bridgehead atoms. The molecule has 0 atom stereocenters. The van der Waals surface area contributed by atoms with Gasteiger partial charge in [0.1, 0.15) is 10.6 Å². The van der Waals surface area contributed by atoms with E-state index in [9.17, 15) is 9.59 Å². The van der Waals surface area contributed by atoms with E-state index < -0.39 is 0 Å². The number of benzene rings is 1. The lowest BCUT2D eigenvalue weighted by atomic mass is 10.3. The van der Waals surface area contributed by atoms with Gasteiger partial charge in [0.05, 0.1) is 23.9 Å². The first kappa shape index (κ1) is 19.8. The predicted octanol–water partition coefficient (Wildman–Crippen LogP) is 4.79. The van der Waals surface area contributed by atoms with Crippen LogP contribution in [0.1, 0.15) is 10.6 Å². The largest absolute Gasteiger partial charge is 0.467 e. The molecule has 1 aromatic carbocycles. The number of halogens is 1. The first-order chi connectivity index (χ1) is 14.0. The van der Waals surface area contributed by atoms with Gasteiger partial charge in [-0.1, -0.05) is 29.4 Å². The number of carbonyl (C=O) groups excluding carboxylic acids is 1. The van der Waals surface area contributed by atoms with Crippen molar-refractivity contribution in [3.8, 4) is 0 Å². The van der Waals surface area contributed by atoms with Gasteiger partial charge in [0.2, 0.25) is 5.91 Å². The number of furan rings is 1. The molecule has 0 spiro atoms. The van der Waals surface area contributed by atoms with Crippen molar-refractivity contribution in [3.05, 3.63) is 74.7 Å². The van der Waals surface area contributed by atoms with E-state index in [1.807, 2.05) is 13.0 Å². The molecule has 4 aromatic rings. The van der Waals surface area contributed by atoms with E-state index in [2.05, 4.69) is 10.3 Å². The van der Waals surface area contributed by atoms with E-state index in [4.69, 9.17) is 16.0 Å². The normalized spacial score (nSPS) is 11.1. The topological polar surface area (TPSA) is 77.1 Å². The number of hydrogen-bond donors (Lipinski definition) is 1. The van der Waals surface area contributed by atoms with Crippen molar-refractivity contribution in [1.82, 2.24) is 9.55 Å². The third kappa shape index (κ3) is 4.55. The van der Waals surface area contributed by atoms with Crippen LogP contribution >= 0.6 is 34.7 Å². The van der Waals surface area contributed by atoms with E-state index in [-0.39, 0.29) is 23.8 Å². The van der Waals surface area contributed by atoms with Gasteiger partial charge in [-0.3, -0.25) is 14.2 Å². The second kappa shape index (κ2) is 8.44. The van der Waals surface area contributed by atoms with Crippen LogP contribution in [0.2, 0.25) is 5.02 Å². The summed E-state index contributed by atoms with van der Waals surface area (Å²) in [5.41, 5.74) is 0.474. The lowest BCUT2D eigenvalue weighted by Gasteiger charge is -2.11. The van der Waals surface area contributed by atoms with Crippen molar-refractivity contribution in [2.75, 3.05) is 11.1 Å². The predicted molar refractivity (Wildman–Crippen MR) is 117 cm³/mol. The maximum absolute atomic E-state index is 13.0. The summed E-state index contributed by atoms with van der Waals surface area (Å²) in [5, 5.41) is 4.39. The average Bonchev–Trinajstić information content (AvgIpc) is 3.32. The summed E-state index contributed by atoms with van der Waals surface area (Å²) in [5.74, 6) is 0.538. The van der Waals surface area contributed by atoms with Crippen LogP contribution in [0.4, 0.5) is 5.69 Å². The first-order valence-electron chi connectivity index (χ1n) is 8.71. The fraction of sp³-hybridized carbons (Fsp3) is 0.150. The van der Waals surface area contributed by atoms with E-state index in [0.29, 0.717) is 31.8 Å². The highest BCUT2D eigenvalue weighted by Crippen LogP contribution is 2.25. The summed E-state index contributed by atoms with van der Waals surface area (Å²) < 4.78 is 6.94. The Morgan fingerprint density at radius 3 is 2.93 bits per heavy atom. The monoisotopic (exact) mass is 445 g/mol. The number of rotatable bonds is 6. The molecule has 9 heteroatoms. The van der Waals surface area contributed by atoms with Crippen LogP contribution in [-0.4, -0.2) is 21.2 Å². The number of aromatic nitrogens is 2. The Morgan fingerprint density at radius 1 is 1.31 bits per heavy atom. The molecule has 1 N–H and O–H groups in total. The Bertz CT molecular complexity index is 1230. The Balaban J connectivity index is 1.59. The molecule has 0 saturated carbocycles. The summed E-state index contributed by atoms with van der Waals surface area (Å²) in [7, 11) is 0. The number of thiophene rings is 1. The first-order valence-corrected chi connectivity index (χ1v) is 10.9. The number of aryl methyl sites for hydroxylation is 1. The van der Waals surface area contributed by atoms with Crippen LogP contribution in [0.5, 0.6) is 0 Å². The van der Waals surface area contributed by atoms with Crippen LogP contribution in [0.25, 0.3) is 10.2 Å². The molecule has 29 heavy (non-hydrogen) atoms. The van der Waals surface area contributed by atoms with E-state index in [1.165, 1.54) is 23.1 Å². The SMILES string of the molecule is Cc1cc2c(=O)n(Cc3ccco3)c(SCC(=O)Nc3cccc(Cl)c3)nc2s1. The molecule has 3 heterocycles. The second-order valence-electron chi connectivity index (χ2n) is 6.29. The standard InChI is InChI=1S/C20H16ClN3O3S2/c1-12-8-16-18(29-12)23-20(24(19(16)26)10-15-6-3-7-27-15)28-11-17(25)22-14-5-2-4-13(21)9-14/h2-9H,10-11H2,1H3,(H,22,25). The molecule has 0 unspecified atom stereocenters.